The van der Waals surface area contributed by atoms with Gasteiger partial charge in [0.25, 0.3) is 0 Å². The molecule has 0 bridgehead atoms. The number of allylic oxidation sites excluding steroid dienone is 1. The van der Waals surface area contributed by atoms with Crippen molar-refractivity contribution in [3.05, 3.63) is 12.2 Å². The Morgan fingerprint density at radius 2 is 1.11 bits per heavy atom. The minimum absolute atomic E-state index is 0.624. The normalized spacial score (nSPS) is 20.6. The van der Waals surface area contributed by atoms with Crippen LogP contribution in [0.1, 0.15) is 62.3 Å². The molecule has 0 rings (SSSR count). The summed E-state index contributed by atoms with van der Waals surface area (Å²) >= 11 is 0. The Hall–Kier alpha value is -0.260. The molecule has 0 aliphatic rings. The van der Waals surface area contributed by atoms with Crippen LogP contribution in [0.4, 0.5) is 0 Å². The Labute approximate surface area is 116 Å². The van der Waals surface area contributed by atoms with Gasteiger partial charge in [0, 0.05) is 0 Å². The van der Waals surface area contributed by atoms with Crippen LogP contribution in [0.3, 0.4) is 0 Å². The van der Waals surface area contributed by atoms with Crippen LogP contribution in [0.2, 0.25) is 0 Å². The van der Waals surface area contributed by atoms with E-state index in [2.05, 4.69) is 68.9 Å². The van der Waals surface area contributed by atoms with E-state index in [1.165, 1.54) is 5.57 Å². The molecule has 0 aromatic heterocycles. The van der Waals surface area contributed by atoms with E-state index in [1.54, 1.807) is 0 Å². The highest BCUT2D eigenvalue weighted by atomic mass is 14.4. The standard InChI is InChI=1S/C18H36/c1-11(2)14(7)16(9)18(13(5)6)17(10)15(8)12(3)4/h12-18H,1H2,2-10H3. The summed E-state index contributed by atoms with van der Waals surface area (Å²) < 4.78 is 0. The summed E-state index contributed by atoms with van der Waals surface area (Å²) in [5.74, 6) is 5.22. The summed E-state index contributed by atoms with van der Waals surface area (Å²) in [6.07, 6.45) is 0. The fourth-order valence-corrected chi connectivity index (χ4v) is 3.43. The number of hydrogen-bond acceptors (Lipinski definition) is 0. The van der Waals surface area contributed by atoms with Crippen molar-refractivity contribution in [2.45, 2.75) is 62.3 Å². The van der Waals surface area contributed by atoms with E-state index >= 15 is 0 Å². The van der Waals surface area contributed by atoms with Crippen LogP contribution in [0.5, 0.6) is 0 Å². The fraction of sp³-hybridized carbons (Fsp3) is 0.889. The van der Waals surface area contributed by atoms with Gasteiger partial charge in [-0.15, -0.1) is 0 Å². The lowest BCUT2D eigenvalue weighted by molar-refractivity contribution is 0.0990. The van der Waals surface area contributed by atoms with Gasteiger partial charge in [-0.05, 0) is 48.3 Å². The lowest BCUT2D eigenvalue weighted by atomic mass is 9.65. The largest absolute Gasteiger partial charge is 0.0999 e. The van der Waals surface area contributed by atoms with Crippen molar-refractivity contribution in [2.75, 3.05) is 0 Å². The average molecular weight is 252 g/mol. The van der Waals surface area contributed by atoms with Gasteiger partial charge in [-0.1, -0.05) is 67.5 Å². The van der Waals surface area contributed by atoms with Gasteiger partial charge in [0.2, 0.25) is 0 Å². The maximum absolute atomic E-state index is 4.16. The van der Waals surface area contributed by atoms with Crippen LogP contribution in [-0.4, -0.2) is 0 Å². The van der Waals surface area contributed by atoms with Crippen molar-refractivity contribution in [2.24, 2.45) is 41.4 Å². The van der Waals surface area contributed by atoms with Crippen LogP contribution < -0.4 is 0 Å². The molecule has 18 heavy (non-hydrogen) atoms. The summed E-state index contributed by atoms with van der Waals surface area (Å²) in [6, 6.07) is 0. The van der Waals surface area contributed by atoms with Gasteiger partial charge in [-0.2, -0.15) is 0 Å². The van der Waals surface area contributed by atoms with Crippen LogP contribution in [-0.2, 0) is 0 Å². The molecule has 5 atom stereocenters. The zero-order chi connectivity index (χ0) is 14.6. The highest BCUT2D eigenvalue weighted by Crippen LogP contribution is 2.40. The van der Waals surface area contributed by atoms with Crippen LogP contribution >= 0.6 is 0 Å². The SMILES string of the molecule is C=C(C)C(C)C(C)C(C(C)C)C(C)C(C)C(C)C. The first-order chi connectivity index (χ1) is 8.11. The maximum Gasteiger partial charge on any atom is -0.0209 e. The molecule has 0 saturated heterocycles. The minimum Gasteiger partial charge on any atom is -0.0999 e. The number of rotatable bonds is 7. The second-order valence-corrected chi connectivity index (χ2v) is 7.28. The Balaban J connectivity index is 5.02. The molecule has 0 saturated carbocycles. The van der Waals surface area contributed by atoms with Crippen molar-refractivity contribution in [3.63, 3.8) is 0 Å². The van der Waals surface area contributed by atoms with Gasteiger partial charge >= 0.3 is 0 Å². The predicted molar refractivity (Wildman–Crippen MR) is 84.6 cm³/mol. The molecule has 0 amide bonds. The fourth-order valence-electron chi connectivity index (χ4n) is 3.43. The molecule has 0 spiro atoms. The number of hydrogen-bond donors (Lipinski definition) is 0. The second-order valence-electron chi connectivity index (χ2n) is 7.28. The van der Waals surface area contributed by atoms with Crippen molar-refractivity contribution in [1.29, 1.82) is 0 Å². The monoisotopic (exact) mass is 252 g/mol. The maximum atomic E-state index is 4.16. The van der Waals surface area contributed by atoms with Gasteiger partial charge in [0.05, 0.1) is 0 Å². The quantitative estimate of drug-likeness (QED) is 0.485. The van der Waals surface area contributed by atoms with Gasteiger partial charge in [0.1, 0.15) is 0 Å². The first-order valence-electron chi connectivity index (χ1n) is 7.76. The van der Waals surface area contributed by atoms with E-state index in [9.17, 15) is 0 Å². The first kappa shape index (κ1) is 17.7. The molecule has 108 valence electrons. The molecule has 0 aliphatic carbocycles. The third-order valence-electron chi connectivity index (χ3n) is 5.43. The molecule has 0 nitrogen and oxygen atoms in total. The van der Waals surface area contributed by atoms with Crippen LogP contribution in [0, 0.1) is 41.4 Å². The molecule has 0 fully saturated rings. The Morgan fingerprint density at radius 3 is 1.39 bits per heavy atom. The molecule has 5 unspecified atom stereocenters. The second kappa shape index (κ2) is 7.36. The molecule has 0 aromatic carbocycles. The highest BCUT2D eigenvalue weighted by Gasteiger charge is 2.33. The summed E-state index contributed by atoms with van der Waals surface area (Å²) in [5, 5.41) is 0. The molecule has 0 aliphatic heterocycles. The van der Waals surface area contributed by atoms with E-state index in [4.69, 9.17) is 0 Å². The van der Waals surface area contributed by atoms with E-state index < -0.39 is 0 Å². The molecule has 0 aromatic rings. The average Bonchev–Trinajstić information content (AvgIpc) is 2.25. The van der Waals surface area contributed by atoms with E-state index in [0.717, 1.165) is 35.5 Å². The van der Waals surface area contributed by atoms with Crippen molar-refractivity contribution in [3.8, 4) is 0 Å². The van der Waals surface area contributed by atoms with E-state index in [-0.39, 0.29) is 0 Å². The summed E-state index contributed by atoms with van der Waals surface area (Å²) in [6.45, 7) is 25.4. The summed E-state index contributed by atoms with van der Waals surface area (Å²) in [7, 11) is 0. The molecule has 0 N–H and O–H groups in total. The zero-order valence-electron chi connectivity index (χ0n) is 14.2. The molecular formula is C18H36. The lowest BCUT2D eigenvalue weighted by Crippen LogP contribution is -2.34. The Kier molecular flexibility index (Phi) is 7.25. The molecule has 0 heterocycles. The predicted octanol–water partition coefficient (Wildman–Crippen LogP) is 6.04. The van der Waals surface area contributed by atoms with Gasteiger partial charge in [-0.3, -0.25) is 0 Å². The van der Waals surface area contributed by atoms with E-state index in [1.807, 2.05) is 0 Å². The molecule has 0 heteroatoms. The Morgan fingerprint density at radius 1 is 0.667 bits per heavy atom. The lowest BCUT2D eigenvalue weighted by Gasteiger charge is -2.40. The van der Waals surface area contributed by atoms with Crippen LogP contribution in [0.25, 0.3) is 0 Å². The summed E-state index contributed by atoms with van der Waals surface area (Å²) in [5.41, 5.74) is 1.33. The van der Waals surface area contributed by atoms with Crippen molar-refractivity contribution >= 4 is 0 Å². The van der Waals surface area contributed by atoms with Gasteiger partial charge in [-0.25, -0.2) is 0 Å². The summed E-state index contributed by atoms with van der Waals surface area (Å²) in [4.78, 5) is 0. The Bertz CT molecular complexity index is 249. The smallest absolute Gasteiger partial charge is 0.0209 e. The third-order valence-corrected chi connectivity index (χ3v) is 5.43. The van der Waals surface area contributed by atoms with Gasteiger partial charge < -0.3 is 0 Å². The zero-order valence-corrected chi connectivity index (χ0v) is 14.2. The van der Waals surface area contributed by atoms with Gasteiger partial charge in [0.15, 0.2) is 0 Å². The van der Waals surface area contributed by atoms with Crippen molar-refractivity contribution < 1.29 is 0 Å². The minimum atomic E-state index is 0.624. The first-order valence-corrected chi connectivity index (χ1v) is 7.76. The highest BCUT2D eigenvalue weighted by molar-refractivity contribution is 4.98. The van der Waals surface area contributed by atoms with Crippen LogP contribution in [0.15, 0.2) is 12.2 Å². The molecule has 0 radical (unpaired) electrons. The third kappa shape index (κ3) is 4.44. The molecular weight excluding hydrogens is 216 g/mol. The van der Waals surface area contributed by atoms with Crippen molar-refractivity contribution in [1.82, 2.24) is 0 Å². The van der Waals surface area contributed by atoms with E-state index in [0.29, 0.717) is 5.92 Å². The topological polar surface area (TPSA) is 0 Å².